The topological polar surface area (TPSA) is 37.3 Å². The summed E-state index contributed by atoms with van der Waals surface area (Å²) < 4.78 is 0. The Bertz CT molecular complexity index is 150. The second kappa shape index (κ2) is 7.04. The number of Topliss-reactive ketones (excluding diaryl/α,β-unsaturated/α-hetero) is 1. The third-order valence-electron chi connectivity index (χ3n) is 1.79. The van der Waals surface area contributed by atoms with Gasteiger partial charge in [-0.2, -0.15) is 0 Å². The number of allylic oxidation sites excluding steroid dienone is 1. The first kappa shape index (κ1) is 11.4. The Balaban J connectivity index is 3.43. The lowest BCUT2D eigenvalue weighted by Gasteiger charge is -2.01. The SMILES string of the molecule is CCC(=O)C/C=C\CC(O)CC. The van der Waals surface area contributed by atoms with Crippen molar-refractivity contribution in [3.63, 3.8) is 0 Å². The van der Waals surface area contributed by atoms with Crippen LogP contribution in [0.3, 0.4) is 0 Å². The Kier molecular flexibility index (Phi) is 6.67. The van der Waals surface area contributed by atoms with Crippen LogP contribution < -0.4 is 0 Å². The maximum Gasteiger partial charge on any atom is 0.136 e. The highest BCUT2D eigenvalue weighted by atomic mass is 16.3. The Morgan fingerprint density at radius 1 is 1.42 bits per heavy atom. The number of carbonyl (C=O) groups excluding carboxylic acids is 1. The van der Waals surface area contributed by atoms with Crippen molar-refractivity contribution in [3.05, 3.63) is 12.2 Å². The summed E-state index contributed by atoms with van der Waals surface area (Å²) in [6, 6.07) is 0. The number of ketones is 1. The molecule has 0 fully saturated rings. The van der Waals surface area contributed by atoms with Gasteiger partial charge < -0.3 is 5.11 Å². The number of aliphatic hydroxyl groups excluding tert-OH is 1. The molecule has 0 saturated carbocycles. The summed E-state index contributed by atoms with van der Waals surface area (Å²) in [5.74, 6) is 0.247. The molecule has 2 heteroatoms. The van der Waals surface area contributed by atoms with Crippen LogP contribution in [0.2, 0.25) is 0 Å². The van der Waals surface area contributed by atoms with Crippen molar-refractivity contribution >= 4 is 5.78 Å². The standard InChI is InChI=1S/C10H18O2/c1-3-9(11)7-5-6-8-10(12)4-2/h5-6,9,11H,3-4,7-8H2,1-2H3/b6-5-. The predicted octanol–water partition coefficient (Wildman–Crippen LogP) is 2.07. The molecule has 12 heavy (non-hydrogen) atoms. The summed E-state index contributed by atoms with van der Waals surface area (Å²) in [5, 5.41) is 9.14. The Hall–Kier alpha value is -0.630. The summed E-state index contributed by atoms with van der Waals surface area (Å²) in [6.07, 6.45) is 6.00. The van der Waals surface area contributed by atoms with E-state index >= 15 is 0 Å². The maximum absolute atomic E-state index is 10.8. The van der Waals surface area contributed by atoms with Gasteiger partial charge in [0.05, 0.1) is 6.10 Å². The Morgan fingerprint density at radius 3 is 2.58 bits per heavy atom. The lowest BCUT2D eigenvalue weighted by molar-refractivity contribution is -0.117. The Morgan fingerprint density at radius 2 is 2.08 bits per heavy atom. The fourth-order valence-electron chi connectivity index (χ4n) is 0.779. The molecule has 0 rings (SSSR count). The van der Waals surface area contributed by atoms with E-state index in [1.165, 1.54) is 0 Å². The minimum Gasteiger partial charge on any atom is -0.393 e. The van der Waals surface area contributed by atoms with Crippen LogP contribution in [0.15, 0.2) is 12.2 Å². The highest BCUT2D eigenvalue weighted by Crippen LogP contribution is 1.99. The first-order valence-electron chi connectivity index (χ1n) is 4.55. The maximum atomic E-state index is 10.8. The Labute approximate surface area is 74.3 Å². The van der Waals surface area contributed by atoms with Gasteiger partial charge in [0.2, 0.25) is 0 Å². The molecule has 0 bridgehead atoms. The fraction of sp³-hybridized carbons (Fsp3) is 0.700. The zero-order valence-corrected chi connectivity index (χ0v) is 7.92. The van der Waals surface area contributed by atoms with Gasteiger partial charge in [-0.15, -0.1) is 0 Å². The smallest absolute Gasteiger partial charge is 0.136 e. The zero-order chi connectivity index (χ0) is 9.40. The van der Waals surface area contributed by atoms with Crippen molar-refractivity contribution in [3.8, 4) is 0 Å². The van der Waals surface area contributed by atoms with Crippen LogP contribution in [0, 0.1) is 0 Å². The molecule has 1 atom stereocenters. The largest absolute Gasteiger partial charge is 0.393 e. The van der Waals surface area contributed by atoms with E-state index in [9.17, 15) is 4.79 Å². The van der Waals surface area contributed by atoms with Crippen molar-refractivity contribution in [2.24, 2.45) is 0 Å². The van der Waals surface area contributed by atoms with Crippen LogP contribution in [0.4, 0.5) is 0 Å². The van der Waals surface area contributed by atoms with E-state index in [4.69, 9.17) is 5.11 Å². The molecule has 0 aromatic rings. The molecule has 0 aliphatic rings. The summed E-state index contributed by atoms with van der Waals surface area (Å²) >= 11 is 0. The van der Waals surface area contributed by atoms with Crippen LogP contribution in [0.25, 0.3) is 0 Å². The van der Waals surface area contributed by atoms with E-state index in [0.717, 1.165) is 6.42 Å². The van der Waals surface area contributed by atoms with Crippen LogP contribution >= 0.6 is 0 Å². The number of hydrogen-bond acceptors (Lipinski definition) is 2. The van der Waals surface area contributed by atoms with Gasteiger partial charge in [-0.3, -0.25) is 4.79 Å². The molecule has 1 unspecified atom stereocenters. The minimum atomic E-state index is -0.252. The van der Waals surface area contributed by atoms with E-state index in [1.807, 2.05) is 26.0 Å². The van der Waals surface area contributed by atoms with Gasteiger partial charge in [0, 0.05) is 12.8 Å². The molecule has 0 spiro atoms. The average Bonchev–Trinajstić information content (AvgIpc) is 2.11. The molecule has 0 saturated heterocycles. The molecule has 0 aromatic carbocycles. The number of hydrogen-bond donors (Lipinski definition) is 1. The third kappa shape index (κ3) is 6.10. The van der Waals surface area contributed by atoms with Crippen molar-refractivity contribution in [2.45, 2.75) is 45.6 Å². The zero-order valence-electron chi connectivity index (χ0n) is 7.92. The number of rotatable bonds is 6. The summed E-state index contributed by atoms with van der Waals surface area (Å²) in [4.78, 5) is 10.8. The van der Waals surface area contributed by atoms with E-state index in [0.29, 0.717) is 19.3 Å². The predicted molar refractivity (Wildman–Crippen MR) is 50.0 cm³/mol. The third-order valence-corrected chi connectivity index (χ3v) is 1.79. The van der Waals surface area contributed by atoms with Crippen LogP contribution in [-0.4, -0.2) is 17.0 Å². The highest BCUT2D eigenvalue weighted by molar-refractivity contribution is 5.79. The molecule has 0 aliphatic carbocycles. The summed E-state index contributed by atoms with van der Waals surface area (Å²) in [6.45, 7) is 3.80. The second-order valence-corrected chi connectivity index (χ2v) is 2.87. The monoisotopic (exact) mass is 170 g/mol. The van der Waals surface area contributed by atoms with E-state index in [-0.39, 0.29) is 11.9 Å². The van der Waals surface area contributed by atoms with Gasteiger partial charge in [0.25, 0.3) is 0 Å². The van der Waals surface area contributed by atoms with Gasteiger partial charge >= 0.3 is 0 Å². The van der Waals surface area contributed by atoms with Crippen molar-refractivity contribution in [1.29, 1.82) is 0 Å². The molecule has 0 aliphatic heterocycles. The molecule has 1 N–H and O–H groups in total. The molecule has 2 nitrogen and oxygen atoms in total. The molecule has 0 heterocycles. The van der Waals surface area contributed by atoms with E-state index in [1.54, 1.807) is 0 Å². The normalized spacial score (nSPS) is 13.6. The summed E-state index contributed by atoms with van der Waals surface area (Å²) in [7, 11) is 0. The van der Waals surface area contributed by atoms with Crippen LogP contribution in [0.5, 0.6) is 0 Å². The first-order valence-corrected chi connectivity index (χ1v) is 4.55. The number of aliphatic hydroxyl groups is 1. The lowest BCUT2D eigenvalue weighted by atomic mass is 10.1. The van der Waals surface area contributed by atoms with Crippen LogP contribution in [0.1, 0.15) is 39.5 Å². The van der Waals surface area contributed by atoms with Crippen molar-refractivity contribution in [1.82, 2.24) is 0 Å². The van der Waals surface area contributed by atoms with E-state index < -0.39 is 0 Å². The average molecular weight is 170 g/mol. The molecule has 0 aromatic heterocycles. The van der Waals surface area contributed by atoms with Gasteiger partial charge in [0.15, 0.2) is 0 Å². The lowest BCUT2D eigenvalue weighted by Crippen LogP contribution is -2.01. The highest BCUT2D eigenvalue weighted by Gasteiger charge is 1.96. The van der Waals surface area contributed by atoms with Gasteiger partial charge in [-0.1, -0.05) is 26.0 Å². The van der Waals surface area contributed by atoms with Gasteiger partial charge in [-0.25, -0.2) is 0 Å². The molecule has 70 valence electrons. The molecule has 0 amide bonds. The minimum absolute atomic E-state index is 0.247. The molecular formula is C10H18O2. The quantitative estimate of drug-likeness (QED) is 0.620. The van der Waals surface area contributed by atoms with E-state index in [2.05, 4.69) is 0 Å². The van der Waals surface area contributed by atoms with Gasteiger partial charge in [-0.05, 0) is 12.8 Å². The molecular weight excluding hydrogens is 152 g/mol. The number of carbonyl (C=O) groups is 1. The van der Waals surface area contributed by atoms with Gasteiger partial charge in [0.1, 0.15) is 5.78 Å². The fourth-order valence-corrected chi connectivity index (χ4v) is 0.779. The summed E-state index contributed by atoms with van der Waals surface area (Å²) in [5.41, 5.74) is 0. The van der Waals surface area contributed by atoms with Crippen molar-refractivity contribution in [2.75, 3.05) is 0 Å². The second-order valence-electron chi connectivity index (χ2n) is 2.87. The van der Waals surface area contributed by atoms with Crippen molar-refractivity contribution < 1.29 is 9.90 Å². The first-order chi connectivity index (χ1) is 5.70. The van der Waals surface area contributed by atoms with Crippen LogP contribution in [-0.2, 0) is 4.79 Å². The molecule has 0 radical (unpaired) electrons.